The minimum atomic E-state index is 0.552. The van der Waals surface area contributed by atoms with Crippen LogP contribution in [0.2, 0.25) is 10.0 Å². The maximum absolute atomic E-state index is 9.19. The van der Waals surface area contributed by atoms with Crippen LogP contribution in [0, 0.1) is 11.3 Å². The van der Waals surface area contributed by atoms with Gasteiger partial charge in [0.2, 0.25) is 0 Å². The van der Waals surface area contributed by atoms with Crippen molar-refractivity contribution >= 4 is 45.3 Å². The predicted molar refractivity (Wildman–Crippen MR) is 88.4 cm³/mol. The number of fused-ring (bicyclic) bond motifs is 1. The molecule has 3 aromatic rings. The molecule has 0 unspecified atom stereocenters. The fraction of sp³-hybridized carbons (Fsp3) is 0. The summed E-state index contributed by atoms with van der Waals surface area (Å²) in [6, 6.07) is 18.9. The summed E-state index contributed by atoms with van der Waals surface area (Å²) in [6.07, 6.45) is 0. The maximum atomic E-state index is 9.19. The van der Waals surface area contributed by atoms with Gasteiger partial charge in [0.05, 0.1) is 27.4 Å². The molecule has 3 aromatic carbocycles. The summed E-state index contributed by atoms with van der Waals surface area (Å²) in [5.74, 6) is 0. The highest BCUT2D eigenvalue weighted by molar-refractivity contribution is 6.39. The Morgan fingerprint density at radius 3 is 2.14 bits per heavy atom. The van der Waals surface area contributed by atoms with Crippen molar-refractivity contribution in [1.29, 1.82) is 5.26 Å². The summed E-state index contributed by atoms with van der Waals surface area (Å²) >= 11 is 12.4. The summed E-state index contributed by atoms with van der Waals surface area (Å²) in [7, 11) is 0. The lowest BCUT2D eigenvalue weighted by molar-refractivity contribution is 1.50. The number of nitrogens with one attached hydrogen (secondary N) is 1. The lowest BCUT2D eigenvalue weighted by Crippen LogP contribution is -1.94. The Hall–Kier alpha value is -2.21. The van der Waals surface area contributed by atoms with E-state index < -0.39 is 0 Å². The Labute approximate surface area is 132 Å². The van der Waals surface area contributed by atoms with Crippen molar-refractivity contribution in [3.63, 3.8) is 0 Å². The van der Waals surface area contributed by atoms with Gasteiger partial charge in [-0.05, 0) is 24.3 Å². The van der Waals surface area contributed by atoms with E-state index in [0.717, 1.165) is 16.5 Å². The Morgan fingerprint density at radius 1 is 0.810 bits per heavy atom. The molecule has 0 heterocycles. The SMILES string of the molecule is N#Cc1ccc(Nc2c(Cl)cccc2Cl)c2ccccc12. The Balaban J connectivity index is 2.17. The molecular formula is C17H10Cl2N2. The van der Waals surface area contributed by atoms with Gasteiger partial charge in [-0.2, -0.15) is 5.26 Å². The van der Waals surface area contributed by atoms with Gasteiger partial charge in [-0.3, -0.25) is 0 Å². The molecule has 0 spiro atoms. The van der Waals surface area contributed by atoms with E-state index in [4.69, 9.17) is 23.2 Å². The molecule has 1 N–H and O–H groups in total. The van der Waals surface area contributed by atoms with Gasteiger partial charge in [0, 0.05) is 16.5 Å². The van der Waals surface area contributed by atoms with Crippen LogP contribution < -0.4 is 5.32 Å². The Kier molecular flexibility index (Phi) is 3.70. The number of rotatable bonds is 2. The molecule has 21 heavy (non-hydrogen) atoms. The lowest BCUT2D eigenvalue weighted by Gasteiger charge is -2.13. The van der Waals surface area contributed by atoms with Gasteiger partial charge in [0.15, 0.2) is 0 Å². The fourth-order valence-corrected chi connectivity index (χ4v) is 2.75. The van der Waals surface area contributed by atoms with E-state index in [2.05, 4.69) is 11.4 Å². The van der Waals surface area contributed by atoms with Gasteiger partial charge >= 0.3 is 0 Å². The first-order chi connectivity index (χ1) is 10.2. The average Bonchev–Trinajstić information content (AvgIpc) is 2.51. The minimum Gasteiger partial charge on any atom is -0.353 e. The third-order valence-corrected chi connectivity index (χ3v) is 3.90. The Bertz CT molecular complexity index is 846. The van der Waals surface area contributed by atoms with Crippen LogP contribution in [0.25, 0.3) is 10.8 Å². The number of hydrogen-bond acceptors (Lipinski definition) is 2. The first-order valence-corrected chi connectivity index (χ1v) is 7.09. The van der Waals surface area contributed by atoms with Crippen molar-refractivity contribution in [3.8, 4) is 6.07 Å². The van der Waals surface area contributed by atoms with Crippen LogP contribution in [-0.2, 0) is 0 Å². The van der Waals surface area contributed by atoms with Gasteiger partial charge in [-0.1, -0.05) is 53.5 Å². The molecule has 0 atom stereocenters. The van der Waals surface area contributed by atoms with E-state index in [1.807, 2.05) is 30.3 Å². The fourth-order valence-electron chi connectivity index (χ4n) is 2.26. The molecule has 0 aliphatic carbocycles. The van der Waals surface area contributed by atoms with Crippen molar-refractivity contribution in [3.05, 3.63) is 70.2 Å². The number of benzene rings is 3. The van der Waals surface area contributed by atoms with Gasteiger partial charge in [0.25, 0.3) is 0 Å². The third kappa shape index (κ3) is 2.54. The number of para-hydroxylation sites is 1. The average molecular weight is 313 g/mol. The minimum absolute atomic E-state index is 0.552. The second-order valence-electron chi connectivity index (χ2n) is 4.54. The molecule has 2 nitrogen and oxygen atoms in total. The van der Waals surface area contributed by atoms with E-state index in [0.29, 0.717) is 21.3 Å². The molecule has 3 rings (SSSR count). The van der Waals surface area contributed by atoms with Gasteiger partial charge in [-0.15, -0.1) is 0 Å². The van der Waals surface area contributed by atoms with Crippen LogP contribution in [0.4, 0.5) is 11.4 Å². The topological polar surface area (TPSA) is 35.8 Å². The van der Waals surface area contributed by atoms with E-state index >= 15 is 0 Å². The molecule has 0 aromatic heterocycles. The second kappa shape index (κ2) is 5.65. The standard InChI is InChI=1S/C17H10Cl2N2/c18-14-6-3-7-15(19)17(14)21-16-9-8-11(10-20)12-4-1-2-5-13(12)16/h1-9,21H. The lowest BCUT2D eigenvalue weighted by atomic mass is 10.0. The third-order valence-electron chi connectivity index (χ3n) is 3.27. The van der Waals surface area contributed by atoms with Crippen LogP contribution in [0.5, 0.6) is 0 Å². The van der Waals surface area contributed by atoms with E-state index in [1.54, 1.807) is 24.3 Å². The first kappa shape index (κ1) is 13.8. The zero-order valence-corrected chi connectivity index (χ0v) is 12.4. The summed E-state index contributed by atoms with van der Waals surface area (Å²) in [5, 5.41) is 15.4. The van der Waals surface area contributed by atoms with Crippen LogP contribution in [-0.4, -0.2) is 0 Å². The van der Waals surface area contributed by atoms with Crippen molar-refractivity contribution in [2.45, 2.75) is 0 Å². The number of halogens is 2. The van der Waals surface area contributed by atoms with Crippen LogP contribution >= 0.6 is 23.2 Å². The predicted octanol–water partition coefficient (Wildman–Crippen LogP) is 5.76. The highest BCUT2D eigenvalue weighted by atomic mass is 35.5. The largest absolute Gasteiger partial charge is 0.353 e. The smallest absolute Gasteiger partial charge is 0.0998 e. The monoisotopic (exact) mass is 312 g/mol. The highest BCUT2D eigenvalue weighted by Gasteiger charge is 2.09. The van der Waals surface area contributed by atoms with Crippen molar-refractivity contribution in [1.82, 2.24) is 0 Å². The number of hydrogen-bond donors (Lipinski definition) is 1. The van der Waals surface area contributed by atoms with Crippen LogP contribution in [0.15, 0.2) is 54.6 Å². The molecule has 102 valence electrons. The number of anilines is 2. The number of nitrogens with zero attached hydrogens (tertiary/aromatic N) is 1. The maximum Gasteiger partial charge on any atom is 0.0998 e. The van der Waals surface area contributed by atoms with Crippen molar-refractivity contribution in [2.75, 3.05) is 5.32 Å². The molecule has 0 amide bonds. The first-order valence-electron chi connectivity index (χ1n) is 6.33. The molecule has 0 fully saturated rings. The van der Waals surface area contributed by atoms with E-state index in [9.17, 15) is 5.26 Å². The molecule has 0 bridgehead atoms. The highest BCUT2D eigenvalue weighted by Crippen LogP contribution is 2.35. The normalized spacial score (nSPS) is 10.3. The summed E-state index contributed by atoms with van der Waals surface area (Å²) in [5.41, 5.74) is 2.16. The van der Waals surface area contributed by atoms with Crippen LogP contribution in [0.3, 0.4) is 0 Å². The second-order valence-corrected chi connectivity index (χ2v) is 5.35. The molecule has 0 radical (unpaired) electrons. The summed E-state index contributed by atoms with van der Waals surface area (Å²) in [6.45, 7) is 0. The molecule has 0 aliphatic rings. The zero-order valence-electron chi connectivity index (χ0n) is 10.9. The summed E-state index contributed by atoms with van der Waals surface area (Å²) in [4.78, 5) is 0. The van der Waals surface area contributed by atoms with Gasteiger partial charge in [-0.25, -0.2) is 0 Å². The molecule has 4 heteroatoms. The van der Waals surface area contributed by atoms with Gasteiger partial charge < -0.3 is 5.32 Å². The Morgan fingerprint density at radius 2 is 1.48 bits per heavy atom. The number of nitriles is 1. The van der Waals surface area contributed by atoms with Crippen molar-refractivity contribution < 1.29 is 0 Å². The van der Waals surface area contributed by atoms with E-state index in [-0.39, 0.29) is 0 Å². The summed E-state index contributed by atoms with van der Waals surface area (Å²) < 4.78 is 0. The van der Waals surface area contributed by atoms with E-state index in [1.165, 1.54) is 0 Å². The zero-order chi connectivity index (χ0) is 14.8. The van der Waals surface area contributed by atoms with Gasteiger partial charge in [0.1, 0.15) is 0 Å². The molecule has 0 saturated heterocycles. The molecular weight excluding hydrogens is 303 g/mol. The van der Waals surface area contributed by atoms with Crippen LogP contribution in [0.1, 0.15) is 5.56 Å². The quantitative estimate of drug-likeness (QED) is 0.652. The van der Waals surface area contributed by atoms with Crippen molar-refractivity contribution in [2.24, 2.45) is 0 Å². The molecule has 0 aliphatic heterocycles. The molecule has 0 saturated carbocycles.